The molecule has 0 spiro atoms. The summed E-state index contributed by atoms with van der Waals surface area (Å²) in [4.78, 5) is 23.4. The van der Waals surface area contributed by atoms with Gasteiger partial charge in [0.05, 0.1) is 12.0 Å². The Labute approximate surface area is 132 Å². The molecule has 3 nitrogen and oxygen atoms in total. The quantitative estimate of drug-likeness (QED) is 0.416. The Morgan fingerprint density at radius 2 is 1.74 bits per heavy atom. The molecule has 0 radical (unpaired) electrons. The van der Waals surface area contributed by atoms with E-state index >= 15 is 0 Å². The summed E-state index contributed by atoms with van der Waals surface area (Å²) in [5.74, 6) is -0.638. The van der Waals surface area contributed by atoms with E-state index in [-0.39, 0.29) is 18.0 Å². The summed E-state index contributed by atoms with van der Waals surface area (Å²) in [7, 11) is 0. The zero-order valence-electron chi connectivity index (χ0n) is 12.2. The number of halogens is 1. The van der Waals surface area contributed by atoms with Gasteiger partial charge in [-0.1, -0.05) is 42.5 Å². The topological polar surface area (TPSA) is 43.4 Å². The van der Waals surface area contributed by atoms with Crippen LogP contribution in [0.4, 0.5) is 4.39 Å². The van der Waals surface area contributed by atoms with Gasteiger partial charge in [0, 0.05) is 0 Å². The van der Waals surface area contributed by atoms with Crippen molar-refractivity contribution >= 4 is 23.0 Å². The summed E-state index contributed by atoms with van der Waals surface area (Å²) < 4.78 is 18.2. The first-order chi connectivity index (χ1) is 11.2. The van der Waals surface area contributed by atoms with Crippen LogP contribution in [0.2, 0.25) is 0 Å². The highest BCUT2D eigenvalue weighted by molar-refractivity contribution is 6.01. The van der Waals surface area contributed by atoms with Crippen molar-refractivity contribution in [2.45, 2.75) is 6.42 Å². The summed E-state index contributed by atoms with van der Waals surface area (Å²) in [5.41, 5.74) is 0.986. The number of ether oxygens (including phenoxy) is 1. The van der Waals surface area contributed by atoms with Crippen molar-refractivity contribution in [1.82, 2.24) is 0 Å². The fourth-order valence-electron chi connectivity index (χ4n) is 2.41. The van der Waals surface area contributed by atoms with Crippen LogP contribution in [0, 0.1) is 5.82 Å². The molecule has 0 aliphatic heterocycles. The maximum atomic E-state index is 12.9. The normalized spacial score (nSPS) is 10.5. The number of hydrogen-bond donors (Lipinski definition) is 0. The Hall–Kier alpha value is -3.01. The first-order valence-electron chi connectivity index (χ1n) is 7.09. The van der Waals surface area contributed by atoms with Gasteiger partial charge in [-0.2, -0.15) is 0 Å². The van der Waals surface area contributed by atoms with Crippen molar-refractivity contribution in [3.63, 3.8) is 0 Å². The monoisotopic (exact) mass is 308 g/mol. The second kappa shape index (κ2) is 6.40. The van der Waals surface area contributed by atoms with Gasteiger partial charge in [0.25, 0.3) is 0 Å². The van der Waals surface area contributed by atoms with Crippen LogP contribution in [0.1, 0.15) is 15.9 Å². The van der Waals surface area contributed by atoms with Crippen LogP contribution in [-0.2, 0) is 11.2 Å². The van der Waals surface area contributed by atoms with Crippen molar-refractivity contribution in [3.05, 3.63) is 77.6 Å². The minimum atomic E-state index is -0.505. The molecule has 0 heterocycles. The van der Waals surface area contributed by atoms with Gasteiger partial charge in [-0.25, -0.2) is 4.39 Å². The number of carbonyl (C=O) groups is 2. The molecule has 3 rings (SSSR count). The maximum Gasteiger partial charge on any atom is 0.315 e. The number of aldehydes is 1. The molecular formula is C19H13FO3. The molecule has 0 aliphatic rings. The van der Waals surface area contributed by atoms with Crippen LogP contribution >= 0.6 is 0 Å². The van der Waals surface area contributed by atoms with Crippen LogP contribution in [0.3, 0.4) is 0 Å². The summed E-state index contributed by atoms with van der Waals surface area (Å²) in [6.07, 6.45) is 0.689. The molecule has 0 unspecified atom stereocenters. The average molecular weight is 308 g/mol. The van der Waals surface area contributed by atoms with Gasteiger partial charge in [0.1, 0.15) is 11.6 Å². The smallest absolute Gasteiger partial charge is 0.315 e. The average Bonchev–Trinajstić information content (AvgIpc) is 2.57. The Morgan fingerprint density at radius 3 is 2.48 bits per heavy atom. The van der Waals surface area contributed by atoms with Gasteiger partial charge in [-0.05, 0) is 34.5 Å². The Bertz CT molecular complexity index is 869. The number of esters is 1. The number of hydrogen-bond acceptors (Lipinski definition) is 3. The van der Waals surface area contributed by atoms with E-state index in [9.17, 15) is 14.0 Å². The molecule has 114 valence electrons. The van der Waals surface area contributed by atoms with Crippen LogP contribution in [0.15, 0.2) is 60.7 Å². The molecule has 0 saturated heterocycles. The third kappa shape index (κ3) is 3.26. The van der Waals surface area contributed by atoms with E-state index in [1.165, 1.54) is 24.3 Å². The number of fused-ring (bicyclic) bond motifs is 1. The standard InChI is InChI=1S/C19H13FO3/c20-15-8-5-13(6-9-15)11-19(22)23-18-10-7-14-3-1-2-4-16(14)17(18)12-21/h1-10,12H,11H2. The highest BCUT2D eigenvalue weighted by Gasteiger charge is 2.12. The lowest BCUT2D eigenvalue weighted by Gasteiger charge is -2.09. The fourth-order valence-corrected chi connectivity index (χ4v) is 2.41. The van der Waals surface area contributed by atoms with Crippen molar-refractivity contribution < 1.29 is 18.7 Å². The highest BCUT2D eigenvalue weighted by atomic mass is 19.1. The zero-order chi connectivity index (χ0) is 16.2. The fraction of sp³-hybridized carbons (Fsp3) is 0.0526. The summed E-state index contributed by atoms with van der Waals surface area (Å²) in [6, 6.07) is 16.4. The van der Waals surface area contributed by atoms with Gasteiger partial charge in [-0.15, -0.1) is 0 Å². The SMILES string of the molecule is O=Cc1c(OC(=O)Cc2ccc(F)cc2)ccc2ccccc12. The van der Waals surface area contributed by atoms with Gasteiger partial charge in [-0.3, -0.25) is 9.59 Å². The molecular weight excluding hydrogens is 295 g/mol. The highest BCUT2D eigenvalue weighted by Crippen LogP contribution is 2.26. The van der Waals surface area contributed by atoms with E-state index in [0.717, 1.165) is 10.8 Å². The molecule has 0 bridgehead atoms. The predicted molar refractivity (Wildman–Crippen MR) is 85.1 cm³/mol. The molecule has 0 fully saturated rings. The van der Waals surface area contributed by atoms with Gasteiger partial charge in [0.2, 0.25) is 0 Å². The number of benzene rings is 3. The minimum absolute atomic E-state index is 0.00536. The summed E-state index contributed by atoms with van der Waals surface area (Å²) in [6.45, 7) is 0. The molecule has 23 heavy (non-hydrogen) atoms. The lowest BCUT2D eigenvalue weighted by Crippen LogP contribution is -2.12. The molecule has 0 saturated carbocycles. The van der Waals surface area contributed by atoms with Crippen molar-refractivity contribution in [2.75, 3.05) is 0 Å². The van der Waals surface area contributed by atoms with Crippen LogP contribution in [0.25, 0.3) is 10.8 Å². The van der Waals surface area contributed by atoms with Crippen molar-refractivity contribution in [3.8, 4) is 5.75 Å². The van der Waals surface area contributed by atoms with E-state index in [0.29, 0.717) is 17.4 Å². The molecule has 3 aromatic carbocycles. The van der Waals surface area contributed by atoms with E-state index < -0.39 is 5.97 Å². The van der Waals surface area contributed by atoms with Gasteiger partial charge in [0.15, 0.2) is 6.29 Å². The second-order valence-corrected chi connectivity index (χ2v) is 5.09. The lowest BCUT2D eigenvalue weighted by molar-refractivity contribution is -0.133. The molecule has 0 aliphatic carbocycles. The third-order valence-electron chi connectivity index (χ3n) is 3.53. The van der Waals surface area contributed by atoms with Crippen molar-refractivity contribution in [2.24, 2.45) is 0 Å². The largest absolute Gasteiger partial charge is 0.425 e. The Kier molecular flexibility index (Phi) is 4.15. The van der Waals surface area contributed by atoms with Gasteiger partial charge >= 0.3 is 5.97 Å². The molecule has 0 N–H and O–H groups in total. The van der Waals surface area contributed by atoms with Crippen LogP contribution in [-0.4, -0.2) is 12.3 Å². The first kappa shape index (κ1) is 14.9. The van der Waals surface area contributed by atoms with E-state index in [1.807, 2.05) is 18.2 Å². The Morgan fingerprint density at radius 1 is 1.00 bits per heavy atom. The molecule has 0 aromatic heterocycles. The van der Waals surface area contributed by atoms with Crippen LogP contribution in [0.5, 0.6) is 5.75 Å². The molecule has 0 amide bonds. The first-order valence-corrected chi connectivity index (χ1v) is 7.09. The van der Waals surface area contributed by atoms with E-state index in [4.69, 9.17) is 4.74 Å². The predicted octanol–water partition coefficient (Wildman–Crippen LogP) is 3.94. The van der Waals surface area contributed by atoms with E-state index in [2.05, 4.69) is 0 Å². The lowest BCUT2D eigenvalue weighted by atomic mass is 10.0. The zero-order valence-corrected chi connectivity index (χ0v) is 12.2. The number of rotatable bonds is 4. The molecule has 0 atom stereocenters. The van der Waals surface area contributed by atoms with Crippen molar-refractivity contribution in [1.29, 1.82) is 0 Å². The molecule has 3 aromatic rings. The summed E-state index contributed by atoms with van der Waals surface area (Å²) in [5, 5.41) is 1.63. The third-order valence-corrected chi connectivity index (χ3v) is 3.53. The summed E-state index contributed by atoms with van der Waals surface area (Å²) >= 11 is 0. The van der Waals surface area contributed by atoms with Gasteiger partial charge < -0.3 is 4.74 Å². The van der Waals surface area contributed by atoms with E-state index in [1.54, 1.807) is 18.2 Å². The minimum Gasteiger partial charge on any atom is -0.425 e. The Balaban J connectivity index is 1.84. The van der Waals surface area contributed by atoms with Crippen LogP contribution < -0.4 is 4.74 Å². The maximum absolute atomic E-state index is 12.9. The number of carbonyl (C=O) groups excluding carboxylic acids is 2. The molecule has 4 heteroatoms. The second-order valence-electron chi connectivity index (χ2n) is 5.09.